The second-order valence-corrected chi connectivity index (χ2v) is 5.97. The van der Waals surface area contributed by atoms with Gasteiger partial charge in [0.2, 0.25) is 0 Å². The number of terminal acetylenes is 1. The molecule has 1 heterocycles. The van der Waals surface area contributed by atoms with Crippen LogP contribution in [0.15, 0.2) is 49.1 Å². The van der Waals surface area contributed by atoms with Gasteiger partial charge in [-0.15, -0.1) is 13.0 Å². The molecule has 0 saturated heterocycles. The molecule has 0 unspecified atom stereocenters. The van der Waals surface area contributed by atoms with Crippen molar-refractivity contribution in [2.45, 2.75) is 6.42 Å². The van der Waals surface area contributed by atoms with E-state index in [2.05, 4.69) is 28.5 Å². The number of aromatic amines is 1. The highest BCUT2D eigenvalue weighted by Gasteiger charge is 2.14. The lowest BCUT2D eigenvalue weighted by Crippen LogP contribution is -2.01. The summed E-state index contributed by atoms with van der Waals surface area (Å²) in [4.78, 5) is 7.68. The van der Waals surface area contributed by atoms with Gasteiger partial charge < -0.3 is 14.5 Å². The quantitative estimate of drug-likeness (QED) is 0.381. The molecule has 0 aliphatic rings. The first-order valence-electron chi connectivity index (χ1n) is 8.65. The largest absolute Gasteiger partial charge is 0.493 e. The Morgan fingerprint density at radius 1 is 1.36 bits per heavy atom. The number of para-hydroxylation sites is 2. The lowest BCUT2D eigenvalue weighted by atomic mass is 10.0. The fourth-order valence-electron chi connectivity index (χ4n) is 2.90. The minimum absolute atomic E-state index is 0.137. The number of fused-ring (bicyclic) bond motifs is 1. The number of nitriles is 1. The Bertz CT molecular complexity index is 1090. The summed E-state index contributed by atoms with van der Waals surface area (Å²) in [5.41, 5.74) is 3.76. The van der Waals surface area contributed by atoms with E-state index in [0.29, 0.717) is 29.3 Å². The zero-order chi connectivity index (χ0) is 19.9. The van der Waals surface area contributed by atoms with E-state index in [0.717, 1.165) is 22.2 Å². The van der Waals surface area contributed by atoms with Crippen LogP contribution in [0, 0.1) is 23.7 Å². The Balaban J connectivity index is 2.07. The maximum Gasteiger partial charge on any atom is 0.166 e. The third-order valence-corrected chi connectivity index (χ3v) is 4.11. The molecule has 0 atom stereocenters. The van der Waals surface area contributed by atoms with Crippen LogP contribution in [0.25, 0.3) is 22.7 Å². The molecule has 0 aliphatic heterocycles. The molecule has 1 aromatic heterocycles. The van der Waals surface area contributed by atoms with E-state index in [4.69, 9.17) is 15.9 Å². The third kappa shape index (κ3) is 3.90. The molecule has 3 rings (SSSR count). The van der Waals surface area contributed by atoms with Gasteiger partial charge in [-0.2, -0.15) is 5.26 Å². The van der Waals surface area contributed by atoms with E-state index in [1.807, 2.05) is 30.3 Å². The van der Waals surface area contributed by atoms with Gasteiger partial charge in [0.25, 0.3) is 0 Å². The molecule has 0 fully saturated rings. The number of rotatable bonds is 7. The number of H-pyrrole nitrogens is 1. The van der Waals surface area contributed by atoms with Crippen LogP contribution >= 0.6 is 0 Å². The van der Waals surface area contributed by atoms with Gasteiger partial charge in [0.1, 0.15) is 18.5 Å². The van der Waals surface area contributed by atoms with Crippen LogP contribution in [-0.4, -0.2) is 23.7 Å². The monoisotopic (exact) mass is 369 g/mol. The predicted octanol–water partition coefficient (Wildman–Crippen LogP) is 4.38. The number of nitrogens with one attached hydrogen (secondary N) is 1. The summed E-state index contributed by atoms with van der Waals surface area (Å²) in [5, 5.41) is 9.66. The molecule has 5 nitrogen and oxygen atoms in total. The zero-order valence-electron chi connectivity index (χ0n) is 15.5. The Kier molecular flexibility index (Phi) is 5.79. The van der Waals surface area contributed by atoms with E-state index < -0.39 is 0 Å². The molecule has 0 radical (unpaired) electrons. The molecule has 0 spiro atoms. The summed E-state index contributed by atoms with van der Waals surface area (Å²) < 4.78 is 11.1. The van der Waals surface area contributed by atoms with Crippen molar-refractivity contribution >= 4 is 22.7 Å². The number of allylic oxidation sites excluding steroid dienone is 2. The van der Waals surface area contributed by atoms with Crippen LogP contribution in [0.4, 0.5) is 0 Å². The van der Waals surface area contributed by atoms with E-state index in [1.165, 1.54) is 0 Å². The highest BCUT2D eigenvalue weighted by Crippen LogP contribution is 2.34. The SMILES string of the molecule is C#CCOc1c(CC=C)cc(/C=C(\C#N)c2nc3ccccc3[nH]2)cc1OC. The summed E-state index contributed by atoms with van der Waals surface area (Å²) in [7, 11) is 1.56. The second kappa shape index (κ2) is 8.62. The Labute approximate surface area is 163 Å². The molecular weight excluding hydrogens is 350 g/mol. The van der Waals surface area contributed by atoms with Crippen molar-refractivity contribution in [3.63, 3.8) is 0 Å². The van der Waals surface area contributed by atoms with Crippen LogP contribution in [0.1, 0.15) is 17.0 Å². The highest BCUT2D eigenvalue weighted by atomic mass is 16.5. The number of methoxy groups -OCH3 is 1. The molecule has 3 aromatic rings. The van der Waals surface area contributed by atoms with Crippen LogP contribution in [0.5, 0.6) is 11.5 Å². The number of aromatic nitrogens is 2. The summed E-state index contributed by atoms with van der Waals surface area (Å²) in [6.45, 7) is 3.93. The summed E-state index contributed by atoms with van der Waals surface area (Å²) in [6, 6.07) is 13.6. The standard InChI is InChI=1S/C23H19N3O2/c1-4-8-17-12-16(14-21(27-3)22(17)28-11-5-2)13-18(15-24)23-25-19-9-6-7-10-20(19)26-23/h2,4,6-7,9-10,12-14H,1,8,11H2,3H3,(H,25,26)/b18-13+. The molecule has 2 aromatic carbocycles. The topological polar surface area (TPSA) is 70.9 Å². The van der Waals surface area contributed by atoms with Crippen molar-refractivity contribution in [3.8, 4) is 29.9 Å². The number of imidazole rings is 1. The van der Waals surface area contributed by atoms with Crippen LogP contribution in [0.3, 0.4) is 0 Å². The molecule has 0 bridgehead atoms. The molecule has 5 heteroatoms. The molecule has 28 heavy (non-hydrogen) atoms. The van der Waals surface area contributed by atoms with Crippen LogP contribution in [-0.2, 0) is 6.42 Å². The third-order valence-electron chi connectivity index (χ3n) is 4.11. The fourth-order valence-corrected chi connectivity index (χ4v) is 2.90. The summed E-state index contributed by atoms with van der Waals surface area (Å²) >= 11 is 0. The average Bonchev–Trinajstić information content (AvgIpc) is 3.15. The van der Waals surface area contributed by atoms with Gasteiger partial charge in [-0.25, -0.2) is 4.98 Å². The van der Waals surface area contributed by atoms with Crippen LogP contribution < -0.4 is 9.47 Å². The minimum atomic E-state index is 0.137. The van der Waals surface area contributed by atoms with E-state index in [1.54, 1.807) is 25.3 Å². The van der Waals surface area contributed by atoms with Crippen molar-refractivity contribution in [1.82, 2.24) is 9.97 Å². The van der Waals surface area contributed by atoms with Gasteiger partial charge in [-0.1, -0.05) is 24.1 Å². The Morgan fingerprint density at radius 2 is 2.18 bits per heavy atom. The van der Waals surface area contributed by atoms with Gasteiger partial charge in [-0.05, 0) is 42.3 Å². The van der Waals surface area contributed by atoms with Crippen molar-refractivity contribution in [2.24, 2.45) is 0 Å². The molecule has 1 N–H and O–H groups in total. The minimum Gasteiger partial charge on any atom is -0.493 e. The smallest absolute Gasteiger partial charge is 0.166 e. The first-order valence-corrected chi connectivity index (χ1v) is 8.65. The first-order chi connectivity index (χ1) is 13.7. The predicted molar refractivity (Wildman–Crippen MR) is 111 cm³/mol. The lowest BCUT2D eigenvalue weighted by molar-refractivity contribution is 0.328. The van der Waals surface area contributed by atoms with E-state index in [9.17, 15) is 5.26 Å². The molecule has 0 aliphatic carbocycles. The van der Waals surface area contributed by atoms with Gasteiger partial charge in [-0.3, -0.25) is 0 Å². The lowest BCUT2D eigenvalue weighted by Gasteiger charge is -2.14. The fraction of sp³-hybridized carbons (Fsp3) is 0.130. The zero-order valence-corrected chi connectivity index (χ0v) is 15.5. The van der Waals surface area contributed by atoms with Crippen molar-refractivity contribution < 1.29 is 9.47 Å². The number of nitrogens with zero attached hydrogens (tertiary/aromatic N) is 2. The molecule has 0 amide bonds. The molecule has 0 saturated carbocycles. The maximum atomic E-state index is 9.66. The second-order valence-electron chi connectivity index (χ2n) is 5.97. The van der Waals surface area contributed by atoms with Gasteiger partial charge >= 0.3 is 0 Å². The molecular formula is C23H19N3O2. The normalized spacial score (nSPS) is 10.9. The van der Waals surface area contributed by atoms with Crippen molar-refractivity contribution in [2.75, 3.05) is 13.7 Å². The van der Waals surface area contributed by atoms with Crippen molar-refractivity contribution in [3.05, 3.63) is 66.0 Å². The van der Waals surface area contributed by atoms with E-state index >= 15 is 0 Å². The van der Waals surface area contributed by atoms with Crippen LogP contribution in [0.2, 0.25) is 0 Å². The Hall–Kier alpha value is -3.96. The average molecular weight is 369 g/mol. The number of hydrogen-bond acceptors (Lipinski definition) is 4. The number of benzene rings is 2. The highest BCUT2D eigenvalue weighted by molar-refractivity contribution is 5.90. The summed E-state index contributed by atoms with van der Waals surface area (Å²) in [6.07, 6.45) is 9.42. The maximum absolute atomic E-state index is 9.66. The Morgan fingerprint density at radius 3 is 2.86 bits per heavy atom. The molecule has 138 valence electrons. The van der Waals surface area contributed by atoms with Gasteiger partial charge in [0, 0.05) is 5.56 Å². The number of hydrogen-bond donors (Lipinski definition) is 1. The summed E-state index contributed by atoms with van der Waals surface area (Å²) in [5.74, 6) is 4.10. The van der Waals surface area contributed by atoms with Gasteiger partial charge in [0.15, 0.2) is 11.5 Å². The van der Waals surface area contributed by atoms with Gasteiger partial charge in [0.05, 0.1) is 23.7 Å². The first kappa shape index (κ1) is 18.8. The number of ether oxygens (including phenoxy) is 2. The van der Waals surface area contributed by atoms with Crippen molar-refractivity contribution in [1.29, 1.82) is 5.26 Å². The van der Waals surface area contributed by atoms with E-state index in [-0.39, 0.29) is 6.61 Å².